The molecule has 0 aliphatic heterocycles. The Kier molecular flexibility index (Phi) is 36.6. The molecule has 0 aliphatic carbocycles. The summed E-state index contributed by atoms with van der Waals surface area (Å²) in [6, 6.07) is 4.43. The van der Waals surface area contributed by atoms with Crippen LogP contribution in [0.25, 0.3) is 0 Å². The molecule has 9 N–H and O–H groups in total. The van der Waals surface area contributed by atoms with Crippen molar-refractivity contribution in [1.29, 1.82) is 0 Å². The van der Waals surface area contributed by atoms with Crippen molar-refractivity contribution in [3.63, 3.8) is 0 Å². The highest BCUT2D eigenvalue weighted by Crippen LogP contribution is 2.12. The Morgan fingerprint density at radius 3 is 0.737 bits per heavy atom. The van der Waals surface area contributed by atoms with Gasteiger partial charge < -0.3 is 75.8 Å². The van der Waals surface area contributed by atoms with Crippen molar-refractivity contribution in [3.05, 3.63) is 34.9 Å². The summed E-state index contributed by atoms with van der Waals surface area (Å²) in [7, 11) is 0. The molecule has 0 atom stereocenters. The zero-order valence-corrected chi connectivity index (χ0v) is 34.1. The summed E-state index contributed by atoms with van der Waals surface area (Å²) in [6.07, 6.45) is 4.16. The number of nitrogens with one attached hydrogen (secondary N) is 3. The van der Waals surface area contributed by atoms with Gasteiger partial charge in [-0.15, -0.1) is 0 Å². The van der Waals surface area contributed by atoms with Gasteiger partial charge in [-0.25, -0.2) is 0 Å². The zero-order valence-electron chi connectivity index (χ0n) is 34.1. The minimum absolute atomic E-state index is 0.192. The van der Waals surface area contributed by atoms with Gasteiger partial charge in [-0.2, -0.15) is 0 Å². The molecular weight excluding hydrogens is 744 g/mol. The quantitative estimate of drug-likeness (QED) is 0.0484. The van der Waals surface area contributed by atoms with Crippen LogP contribution in [-0.4, -0.2) is 176 Å². The smallest absolute Gasteiger partial charge is 0.251 e. The molecule has 0 aliphatic rings. The number of rotatable bonds is 42. The zero-order chi connectivity index (χ0) is 41.3. The standard InChI is InChI=1S/C39H72N6O12/c40-7-1-13-49-19-25-55-28-22-52-16-4-10-43-37(46)34-31-35(38(47)44-11-5-17-53-23-29-56-26-20-50-14-2-8-41)33-36(32-34)39(48)45-12-6-18-54-24-30-57-27-21-51-15-3-9-42/h31-33H,1-30,40-42H2,(H,43,46)(H,44,47)(H,45,48). The lowest BCUT2D eigenvalue weighted by molar-refractivity contribution is 0.0141. The second-order valence-electron chi connectivity index (χ2n) is 12.6. The Balaban J connectivity index is 2.51. The van der Waals surface area contributed by atoms with E-state index in [2.05, 4.69) is 16.0 Å². The van der Waals surface area contributed by atoms with E-state index in [9.17, 15) is 14.4 Å². The molecule has 0 saturated heterocycles. The molecular formula is C39H72N6O12. The maximum atomic E-state index is 13.1. The normalized spacial score (nSPS) is 11.2. The van der Waals surface area contributed by atoms with Crippen LogP contribution in [0.1, 0.15) is 69.6 Å². The molecule has 330 valence electrons. The first kappa shape index (κ1) is 52.2. The number of ether oxygens (including phenoxy) is 9. The lowest BCUT2D eigenvalue weighted by Gasteiger charge is -2.12. The molecule has 0 spiro atoms. The van der Waals surface area contributed by atoms with Crippen LogP contribution in [-0.2, 0) is 42.6 Å². The van der Waals surface area contributed by atoms with Crippen molar-refractivity contribution in [3.8, 4) is 0 Å². The Morgan fingerprint density at radius 1 is 0.333 bits per heavy atom. The predicted octanol–water partition coefficient (Wildman–Crippen LogP) is 0.242. The first-order valence-electron chi connectivity index (χ1n) is 20.3. The first-order chi connectivity index (χ1) is 28.0. The van der Waals surface area contributed by atoms with E-state index in [1.807, 2.05) is 0 Å². The fourth-order valence-corrected chi connectivity index (χ4v) is 4.64. The summed E-state index contributed by atoms with van der Waals surface area (Å²) < 4.78 is 49.3. The second kappa shape index (κ2) is 40.0. The van der Waals surface area contributed by atoms with Gasteiger partial charge in [-0.3, -0.25) is 14.4 Å². The van der Waals surface area contributed by atoms with Gasteiger partial charge in [0.15, 0.2) is 0 Å². The maximum Gasteiger partial charge on any atom is 0.251 e. The Bertz CT molecular complexity index is 978. The first-order valence-corrected chi connectivity index (χ1v) is 20.3. The molecule has 18 nitrogen and oxygen atoms in total. The van der Waals surface area contributed by atoms with Crippen LogP contribution in [0, 0.1) is 0 Å². The van der Waals surface area contributed by atoms with Gasteiger partial charge >= 0.3 is 0 Å². The van der Waals surface area contributed by atoms with Crippen molar-refractivity contribution >= 4 is 17.7 Å². The Labute approximate surface area is 339 Å². The fourth-order valence-electron chi connectivity index (χ4n) is 4.64. The largest absolute Gasteiger partial charge is 0.379 e. The summed E-state index contributed by atoms with van der Waals surface area (Å²) in [5.74, 6) is -1.23. The number of benzene rings is 1. The van der Waals surface area contributed by atoms with Crippen LogP contribution >= 0.6 is 0 Å². The number of hydrogen-bond donors (Lipinski definition) is 6. The molecule has 18 heteroatoms. The maximum absolute atomic E-state index is 13.1. The van der Waals surface area contributed by atoms with Gasteiger partial charge in [0.05, 0.1) is 79.3 Å². The van der Waals surface area contributed by atoms with Crippen LogP contribution in [0.4, 0.5) is 0 Å². The summed E-state index contributed by atoms with van der Waals surface area (Å²) in [6.45, 7) is 11.5. The van der Waals surface area contributed by atoms with Crippen molar-refractivity contribution in [1.82, 2.24) is 16.0 Å². The van der Waals surface area contributed by atoms with Crippen LogP contribution in [0.15, 0.2) is 18.2 Å². The van der Waals surface area contributed by atoms with E-state index >= 15 is 0 Å². The van der Waals surface area contributed by atoms with Gasteiger partial charge in [0.25, 0.3) is 17.7 Å². The average molecular weight is 817 g/mol. The van der Waals surface area contributed by atoms with E-state index in [4.69, 9.17) is 59.8 Å². The van der Waals surface area contributed by atoms with Gasteiger partial charge in [0.1, 0.15) is 0 Å². The van der Waals surface area contributed by atoms with Gasteiger partial charge in [0.2, 0.25) is 0 Å². The van der Waals surface area contributed by atoms with E-state index in [1.165, 1.54) is 18.2 Å². The summed E-state index contributed by atoms with van der Waals surface area (Å²) in [5, 5.41) is 8.53. The lowest BCUT2D eigenvalue weighted by atomic mass is 10.0. The average Bonchev–Trinajstić information content (AvgIpc) is 3.22. The van der Waals surface area contributed by atoms with E-state index in [1.54, 1.807) is 0 Å². The number of carbonyl (C=O) groups excluding carboxylic acids is 3. The third kappa shape index (κ3) is 31.8. The highest BCUT2D eigenvalue weighted by atomic mass is 16.6. The molecule has 0 saturated carbocycles. The van der Waals surface area contributed by atoms with Gasteiger partial charge in [0, 0.05) is 76.0 Å². The van der Waals surface area contributed by atoms with Crippen molar-refractivity contribution in [2.24, 2.45) is 17.2 Å². The number of hydrogen-bond acceptors (Lipinski definition) is 15. The molecule has 1 aromatic rings. The topological polar surface area (TPSA) is 248 Å². The molecule has 1 rings (SSSR count). The summed E-state index contributed by atoms with van der Waals surface area (Å²) in [5.41, 5.74) is 16.9. The number of nitrogens with two attached hydrogens (primary N) is 3. The van der Waals surface area contributed by atoms with Gasteiger partial charge in [-0.05, 0) is 76.4 Å². The highest BCUT2D eigenvalue weighted by Gasteiger charge is 2.16. The van der Waals surface area contributed by atoms with Crippen molar-refractivity contribution < 1.29 is 57.0 Å². The molecule has 0 radical (unpaired) electrons. The van der Waals surface area contributed by atoms with E-state index in [0.717, 1.165) is 19.3 Å². The molecule has 57 heavy (non-hydrogen) atoms. The fraction of sp³-hybridized carbons (Fsp3) is 0.769. The van der Waals surface area contributed by atoms with E-state index < -0.39 is 17.7 Å². The number of amides is 3. The summed E-state index contributed by atoms with van der Waals surface area (Å²) >= 11 is 0. The minimum Gasteiger partial charge on any atom is -0.379 e. The third-order valence-electron chi connectivity index (χ3n) is 7.68. The van der Waals surface area contributed by atoms with Crippen molar-refractivity contribution in [2.75, 3.05) is 158 Å². The van der Waals surface area contributed by atoms with Gasteiger partial charge in [-0.1, -0.05) is 0 Å². The molecule has 0 heterocycles. The Hall–Kier alpha value is -2.85. The van der Waals surface area contributed by atoms with E-state index in [0.29, 0.717) is 177 Å². The highest BCUT2D eigenvalue weighted by molar-refractivity contribution is 6.04. The molecule has 0 aromatic heterocycles. The number of carbonyl (C=O) groups is 3. The molecule has 0 fully saturated rings. The van der Waals surface area contributed by atoms with Crippen LogP contribution in [0.3, 0.4) is 0 Å². The van der Waals surface area contributed by atoms with E-state index in [-0.39, 0.29) is 16.7 Å². The monoisotopic (exact) mass is 817 g/mol. The summed E-state index contributed by atoms with van der Waals surface area (Å²) in [4.78, 5) is 39.4. The molecule has 0 unspecified atom stereocenters. The predicted molar refractivity (Wildman–Crippen MR) is 216 cm³/mol. The third-order valence-corrected chi connectivity index (χ3v) is 7.68. The van der Waals surface area contributed by atoms with Crippen LogP contribution < -0.4 is 33.2 Å². The Morgan fingerprint density at radius 2 is 0.526 bits per heavy atom. The van der Waals surface area contributed by atoms with Crippen molar-refractivity contribution in [2.45, 2.75) is 38.5 Å². The lowest BCUT2D eigenvalue weighted by Crippen LogP contribution is -2.30. The molecule has 1 aromatic carbocycles. The van der Waals surface area contributed by atoms with Crippen LogP contribution in [0.5, 0.6) is 0 Å². The second-order valence-corrected chi connectivity index (χ2v) is 12.6. The minimum atomic E-state index is -0.410. The SMILES string of the molecule is NCCCOCCOCCOCCCNC(=O)c1cc(C(=O)NCCCOCCOCCOCCCN)cc(C(=O)NCCCOCCOCCOCCCN)c1. The molecule has 3 amide bonds. The molecule has 0 bridgehead atoms. The van der Waals surface area contributed by atoms with Crippen LogP contribution in [0.2, 0.25) is 0 Å².